The third-order valence-corrected chi connectivity index (χ3v) is 5.16. The largest absolute Gasteiger partial charge is 0.433 e. The highest BCUT2D eigenvalue weighted by Crippen LogP contribution is 2.30. The van der Waals surface area contributed by atoms with Crippen molar-refractivity contribution in [2.45, 2.75) is 11.0 Å². The average Bonchev–Trinajstić information content (AvgIpc) is 2.97. The SMILES string of the molecule is O=C(CSc1nc2ccccc2s1)Nc1ccccc1OC(F)F. The maximum absolute atomic E-state index is 12.4. The van der Waals surface area contributed by atoms with Gasteiger partial charge in [0.25, 0.3) is 0 Å². The highest BCUT2D eigenvalue weighted by atomic mass is 32.2. The number of carbonyl (C=O) groups excluding carboxylic acids is 1. The molecule has 0 fully saturated rings. The van der Waals surface area contributed by atoms with Gasteiger partial charge in [0.2, 0.25) is 5.91 Å². The minimum absolute atomic E-state index is 0.0640. The fourth-order valence-electron chi connectivity index (χ4n) is 2.00. The van der Waals surface area contributed by atoms with Gasteiger partial charge >= 0.3 is 6.61 Å². The minimum atomic E-state index is -2.94. The molecule has 0 radical (unpaired) electrons. The zero-order chi connectivity index (χ0) is 16.9. The van der Waals surface area contributed by atoms with Crippen molar-refractivity contribution in [3.8, 4) is 5.75 Å². The molecule has 1 heterocycles. The Morgan fingerprint density at radius 2 is 1.96 bits per heavy atom. The first-order valence-corrected chi connectivity index (χ1v) is 8.74. The number of fused-ring (bicyclic) bond motifs is 1. The summed E-state index contributed by atoms with van der Waals surface area (Å²) in [6.45, 7) is -2.94. The van der Waals surface area contributed by atoms with E-state index in [1.807, 2.05) is 24.3 Å². The van der Waals surface area contributed by atoms with E-state index in [9.17, 15) is 13.6 Å². The molecule has 0 aliphatic heterocycles. The van der Waals surface area contributed by atoms with E-state index in [0.29, 0.717) is 0 Å². The second kappa shape index (κ2) is 7.59. The molecule has 1 N–H and O–H groups in total. The summed E-state index contributed by atoms with van der Waals surface area (Å²) in [6, 6.07) is 13.8. The van der Waals surface area contributed by atoms with Gasteiger partial charge in [-0.25, -0.2) is 4.98 Å². The fourth-order valence-corrected chi connectivity index (χ4v) is 3.86. The summed E-state index contributed by atoms with van der Waals surface area (Å²) in [6.07, 6.45) is 0. The molecule has 4 nitrogen and oxygen atoms in total. The van der Waals surface area contributed by atoms with Crippen molar-refractivity contribution in [1.82, 2.24) is 4.98 Å². The van der Waals surface area contributed by atoms with E-state index >= 15 is 0 Å². The Balaban J connectivity index is 1.61. The zero-order valence-electron chi connectivity index (χ0n) is 12.2. The molecular weight excluding hydrogens is 354 g/mol. The monoisotopic (exact) mass is 366 g/mol. The molecule has 2 aromatic carbocycles. The first kappa shape index (κ1) is 16.7. The number of thiazole rings is 1. The Bertz CT molecular complexity index is 822. The van der Waals surface area contributed by atoms with Crippen LogP contribution in [-0.2, 0) is 4.79 Å². The lowest BCUT2D eigenvalue weighted by atomic mass is 10.3. The number of benzene rings is 2. The van der Waals surface area contributed by atoms with Crippen molar-refractivity contribution in [1.29, 1.82) is 0 Å². The highest BCUT2D eigenvalue weighted by Gasteiger charge is 2.12. The summed E-state index contributed by atoms with van der Waals surface area (Å²) >= 11 is 2.80. The van der Waals surface area contributed by atoms with Crippen LogP contribution in [0.3, 0.4) is 0 Å². The van der Waals surface area contributed by atoms with Crippen LogP contribution in [0.5, 0.6) is 5.75 Å². The van der Waals surface area contributed by atoms with E-state index in [1.165, 1.54) is 35.2 Å². The number of rotatable bonds is 6. The van der Waals surface area contributed by atoms with E-state index in [4.69, 9.17) is 0 Å². The molecule has 0 saturated carbocycles. The molecule has 0 unspecified atom stereocenters. The molecule has 0 bridgehead atoms. The Morgan fingerprint density at radius 3 is 2.75 bits per heavy atom. The third kappa shape index (κ3) is 4.21. The average molecular weight is 366 g/mol. The Labute approximate surface area is 144 Å². The number of nitrogens with zero attached hydrogens (tertiary/aromatic N) is 1. The second-order valence-electron chi connectivity index (χ2n) is 4.66. The Morgan fingerprint density at radius 1 is 1.21 bits per heavy atom. The number of carbonyl (C=O) groups is 1. The molecule has 124 valence electrons. The molecule has 0 atom stereocenters. The highest BCUT2D eigenvalue weighted by molar-refractivity contribution is 8.01. The minimum Gasteiger partial charge on any atom is -0.433 e. The number of ether oxygens (including phenoxy) is 1. The molecule has 1 amide bonds. The molecule has 24 heavy (non-hydrogen) atoms. The number of thioether (sulfide) groups is 1. The van der Waals surface area contributed by atoms with Gasteiger partial charge < -0.3 is 10.1 Å². The van der Waals surface area contributed by atoms with Gasteiger partial charge in [0.05, 0.1) is 21.7 Å². The molecule has 0 aliphatic rings. The summed E-state index contributed by atoms with van der Waals surface area (Å²) < 4.78 is 30.9. The number of anilines is 1. The topological polar surface area (TPSA) is 51.2 Å². The van der Waals surface area contributed by atoms with E-state index in [1.54, 1.807) is 12.1 Å². The molecule has 0 saturated heterocycles. The van der Waals surface area contributed by atoms with Crippen LogP contribution in [0.4, 0.5) is 14.5 Å². The lowest BCUT2D eigenvalue weighted by Crippen LogP contribution is -2.15. The van der Waals surface area contributed by atoms with Crippen LogP contribution in [0.1, 0.15) is 0 Å². The summed E-state index contributed by atoms with van der Waals surface area (Å²) in [5.41, 5.74) is 1.11. The predicted octanol–water partition coefficient (Wildman–Crippen LogP) is 4.63. The van der Waals surface area contributed by atoms with Crippen molar-refractivity contribution >= 4 is 44.9 Å². The number of hydrogen-bond donors (Lipinski definition) is 1. The number of nitrogens with one attached hydrogen (secondary N) is 1. The molecular formula is C16H12F2N2O2S2. The van der Waals surface area contributed by atoms with E-state index in [2.05, 4.69) is 15.0 Å². The second-order valence-corrected chi connectivity index (χ2v) is 6.91. The van der Waals surface area contributed by atoms with Gasteiger partial charge in [-0.05, 0) is 24.3 Å². The van der Waals surface area contributed by atoms with Crippen molar-refractivity contribution < 1.29 is 18.3 Å². The van der Waals surface area contributed by atoms with Crippen molar-refractivity contribution in [2.24, 2.45) is 0 Å². The van der Waals surface area contributed by atoms with Crippen LogP contribution in [0.2, 0.25) is 0 Å². The molecule has 0 aliphatic carbocycles. The quantitative estimate of drug-likeness (QED) is 0.647. The number of hydrogen-bond acceptors (Lipinski definition) is 5. The Hall–Kier alpha value is -2.19. The first-order valence-electron chi connectivity index (χ1n) is 6.94. The van der Waals surface area contributed by atoms with E-state index in [0.717, 1.165) is 14.6 Å². The lowest BCUT2D eigenvalue weighted by Gasteiger charge is -2.11. The molecule has 8 heteroatoms. The van der Waals surface area contributed by atoms with Crippen LogP contribution in [0.15, 0.2) is 52.9 Å². The summed E-state index contributed by atoms with van der Waals surface area (Å²) in [7, 11) is 0. The number of alkyl halides is 2. The zero-order valence-corrected chi connectivity index (χ0v) is 13.9. The maximum Gasteiger partial charge on any atom is 0.387 e. The van der Waals surface area contributed by atoms with Gasteiger partial charge in [-0.2, -0.15) is 8.78 Å². The smallest absolute Gasteiger partial charge is 0.387 e. The van der Waals surface area contributed by atoms with Crippen LogP contribution in [0.25, 0.3) is 10.2 Å². The Kier molecular flexibility index (Phi) is 5.27. The van der Waals surface area contributed by atoms with Crippen LogP contribution in [0, 0.1) is 0 Å². The van der Waals surface area contributed by atoms with E-state index in [-0.39, 0.29) is 23.1 Å². The molecule has 0 spiro atoms. The van der Waals surface area contributed by atoms with Gasteiger partial charge in [-0.15, -0.1) is 11.3 Å². The number of halogens is 2. The van der Waals surface area contributed by atoms with Gasteiger partial charge in [0.1, 0.15) is 5.75 Å². The van der Waals surface area contributed by atoms with Crippen molar-refractivity contribution in [3.05, 3.63) is 48.5 Å². The third-order valence-electron chi connectivity index (χ3n) is 2.98. The van der Waals surface area contributed by atoms with Gasteiger partial charge in [-0.3, -0.25) is 4.79 Å². The summed E-state index contributed by atoms with van der Waals surface area (Å²) in [4.78, 5) is 16.5. The van der Waals surface area contributed by atoms with Crippen molar-refractivity contribution in [2.75, 3.05) is 11.1 Å². The normalized spacial score (nSPS) is 11.0. The number of aromatic nitrogens is 1. The molecule has 3 aromatic rings. The van der Waals surface area contributed by atoms with Crippen LogP contribution < -0.4 is 10.1 Å². The summed E-state index contributed by atoms with van der Waals surface area (Å²) in [5, 5.41) is 2.58. The first-order chi connectivity index (χ1) is 11.6. The van der Waals surface area contributed by atoms with Crippen LogP contribution >= 0.6 is 23.1 Å². The van der Waals surface area contributed by atoms with E-state index < -0.39 is 6.61 Å². The molecule has 3 rings (SSSR count). The van der Waals surface area contributed by atoms with Crippen LogP contribution in [-0.4, -0.2) is 23.3 Å². The van der Waals surface area contributed by atoms with Gasteiger partial charge in [0.15, 0.2) is 4.34 Å². The standard InChI is InChI=1S/C16H12F2N2O2S2/c17-15(18)22-12-7-3-1-5-10(12)19-14(21)9-23-16-20-11-6-2-4-8-13(11)24-16/h1-8,15H,9H2,(H,19,21). The van der Waals surface area contributed by atoms with Gasteiger partial charge in [-0.1, -0.05) is 36.0 Å². The maximum atomic E-state index is 12.4. The van der Waals surface area contributed by atoms with Crippen molar-refractivity contribution in [3.63, 3.8) is 0 Å². The lowest BCUT2D eigenvalue weighted by molar-refractivity contribution is -0.113. The van der Waals surface area contributed by atoms with Gasteiger partial charge in [0, 0.05) is 0 Å². The fraction of sp³-hybridized carbons (Fsp3) is 0.125. The molecule has 1 aromatic heterocycles. The number of para-hydroxylation sites is 3. The summed E-state index contributed by atoms with van der Waals surface area (Å²) in [5.74, 6) is -0.251. The predicted molar refractivity (Wildman–Crippen MR) is 92.0 cm³/mol. The number of amides is 1.